The molecule has 16 N–H and O–H groups in total. The number of aliphatic hydroxyl groups is 1. The predicted octanol–water partition coefficient (Wildman–Crippen LogP) is 17.5. The standard InChI is InChI=1S/C20H28FN5.C19H26FN5.C17H24FN5.C16H21ClFN5O2.C15H19ClFN5O/c1-20(2,21)17-24-18(22)26-19(25-17)23-16(15-11-7-12-15)13-6-10-14-8-4-3-5-9-14;1-19(2,20)16-23-17(21)25-18(24-16)22-15(14-9-6-10-14)12-11-13-7-4-3-5-8-13;1-4-13(11-10-12-8-6-5-7-9-12)20-16-22-14(17(2,3)18)21-15(19)23-16;1-9(8-25-12-5-10(7-24)4-11(17)6-12)20-15-22-13(16(2,3)18)21-14(19)23-15;1-9(8-23-11-6-4-5-10(16)7-11)19-14-21-12(15(2,3)17)20-13(18)22-14/h3-5,8-9,15-16H,6-7,10-13H2,1-2H3,(H3,22,23,24,25,26);3-5,7-8,14-15H,6,9-12H2,1-2H3,(H3,21,22,23,24,25);5-9,13H,4,10-11H2,1-3H3,(H3,19,20,21,22,23);4-6,9,24H,7-8H2,1-3H3,(H3,19,20,21,22,23);4-7,9H,8H2,1-3H3,(H3,18,19,20,21,22). The van der Waals surface area contributed by atoms with Gasteiger partial charge in [0.25, 0.3) is 0 Å². The lowest BCUT2D eigenvalue weighted by Crippen LogP contribution is -2.35. The highest BCUT2D eigenvalue weighted by atomic mass is 35.5. The van der Waals surface area contributed by atoms with Crippen LogP contribution in [-0.4, -0.2) is 123 Å². The van der Waals surface area contributed by atoms with Crippen LogP contribution in [0.1, 0.15) is 212 Å². The van der Waals surface area contributed by atoms with Crippen molar-refractivity contribution in [3.63, 3.8) is 0 Å². The highest BCUT2D eigenvalue weighted by Crippen LogP contribution is 2.36. The monoisotopic (exact) mass is 1730 g/mol. The van der Waals surface area contributed by atoms with Crippen molar-refractivity contribution >= 4 is 82.7 Å². The van der Waals surface area contributed by atoms with Crippen LogP contribution >= 0.6 is 23.2 Å². The molecule has 12 rings (SSSR count). The van der Waals surface area contributed by atoms with Crippen LogP contribution in [0, 0.1) is 11.8 Å². The van der Waals surface area contributed by atoms with E-state index < -0.39 is 28.3 Å². The van der Waals surface area contributed by atoms with Crippen LogP contribution in [-0.2, 0) is 54.2 Å². The maximum atomic E-state index is 14.2. The Balaban J connectivity index is 0.000000190. The molecule has 28 nitrogen and oxygen atoms in total. The van der Waals surface area contributed by atoms with Crippen molar-refractivity contribution < 1.29 is 36.5 Å². The first-order valence-electron chi connectivity index (χ1n) is 41.0. The van der Waals surface area contributed by atoms with Crippen molar-refractivity contribution in [1.82, 2.24) is 74.8 Å². The summed E-state index contributed by atoms with van der Waals surface area (Å²) in [6, 6.07) is 43.7. The number of aliphatic hydroxyl groups excluding tert-OH is 1. The van der Waals surface area contributed by atoms with Gasteiger partial charge < -0.3 is 69.8 Å². The molecule has 2 fully saturated rings. The maximum Gasteiger partial charge on any atom is 0.228 e. The first-order valence-corrected chi connectivity index (χ1v) is 41.8. The number of anilines is 10. The number of aromatic nitrogens is 15. The number of nitrogens with one attached hydrogen (secondary N) is 5. The second-order valence-corrected chi connectivity index (χ2v) is 33.6. The Morgan fingerprint density at radius 1 is 0.385 bits per heavy atom. The number of rotatable bonds is 35. The average Bonchev–Trinajstić information content (AvgIpc) is 0.854. The van der Waals surface area contributed by atoms with Gasteiger partial charge in [0.1, 0.15) is 24.7 Å². The molecule has 10 aromatic rings. The minimum atomic E-state index is -1.73. The fourth-order valence-electron chi connectivity index (χ4n) is 12.5. The molecule has 2 saturated carbocycles. The van der Waals surface area contributed by atoms with E-state index in [4.69, 9.17) is 61.3 Å². The van der Waals surface area contributed by atoms with E-state index in [0.29, 0.717) is 63.4 Å². The van der Waals surface area contributed by atoms with E-state index in [9.17, 15) is 27.1 Å². The molecule has 0 spiro atoms. The molecule has 0 amide bonds. The molecule has 5 aromatic heterocycles. The highest BCUT2D eigenvalue weighted by Gasteiger charge is 2.33. The lowest BCUT2D eigenvalue weighted by atomic mass is 9.78. The molecular formula is C87H118Cl2F5N25O3. The molecule has 5 heterocycles. The summed E-state index contributed by atoms with van der Waals surface area (Å²) >= 11 is 11.9. The lowest BCUT2D eigenvalue weighted by molar-refractivity contribution is 0.206. The SMILES string of the molecule is CC(C)(F)c1nc(N)nc(NC(CCCc2ccccc2)C2CCC2)n1.CC(C)(F)c1nc(N)nc(NC(CCc2ccccc2)C2CCC2)n1.CC(COc1cc(Cl)cc(CO)c1)Nc1nc(N)nc(C(C)(C)F)n1.CC(COc1cccc(Cl)c1)Nc1nc(N)nc(C(C)(C)F)n1.CCC(CCc1ccccc1)Nc1nc(N)nc(C(C)(C)F)n1. The van der Waals surface area contributed by atoms with Crippen LogP contribution in [0.2, 0.25) is 10.0 Å². The number of ether oxygens (including phenoxy) is 2. The van der Waals surface area contributed by atoms with Crippen molar-refractivity contribution in [1.29, 1.82) is 0 Å². The number of hydrogen-bond donors (Lipinski definition) is 11. The van der Waals surface area contributed by atoms with E-state index >= 15 is 0 Å². The van der Waals surface area contributed by atoms with E-state index in [1.165, 1.54) is 124 Å². The summed E-state index contributed by atoms with van der Waals surface area (Å²) in [7, 11) is 0. The second-order valence-electron chi connectivity index (χ2n) is 32.7. The summed E-state index contributed by atoms with van der Waals surface area (Å²) in [5, 5.41) is 26.3. The number of nitrogens with two attached hydrogens (primary N) is 5. The molecule has 5 unspecified atom stereocenters. The third-order valence-electron chi connectivity index (χ3n) is 19.5. The van der Waals surface area contributed by atoms with E-state index in [0.717, 1.165) is 51.4 Å². The van der Waals surface area contributed by atoms with Gasteiger partial charge in [-0.05, 0) is 231 Å². The summed E-state index contributed by atoms with van der Waals surface area (Å²) < 4.78 is 81.7. The van der Waals surface area contributed by atoms with Gasteiger partial charge in [-0.25, -0.2) is 22.0 Å². The summed E-state index contributed by atoms with van der Waals surface area (Å²) in [4.78, 5) is 60.4. The Kier molecular flexibility index (Phi) is 35.7. The smallest absolute Gasteiger partial charge is 0.228 e. The third kappa shape index (κ3) is 33.4. The van der Waals surface area contributed by atoms with Crippen LogP contribution < -0.4 is 64.7 Å². The summed E-state index contributed by atoms with van der Waals surface area (Å²) in [5.41, 5.74) is 24.6. The summed E-state index contributed by atoms with van der Waals surface area (Å²) in [6.07, 6.45) is 15.3. The summed E-state index contributed by atoms with van der Waals surface area (Å²) in [6.45, 7) is 20.2. The van der Waals surface area contributed by atoms with Crippen LogP contribution in [0.15, 0.2) is 133 Å². The molecule has 658 valence electrons. The van der Waals surface area contributed by atoms with Crippen LogP contribution in [0.4, 0.5) is 81.4 Å². The zero-order chi connectivity index (χ0) is 89.0. The average molecular weight is 1730 g/mol. The maximum absolute atomic E-state index is 14.2. The molecule has 0 saturated heterocycles. The molecule has 0 bridgehead atoms. The molecule has 0 radical (unpaired) electrons. The Morgan fingerprint density at radius 2 is 0.721 bits per heavy atom. The van der Waals surface area contributed by atoms with Gasteiger partial charge in [0, 0.05) is 28.2 Å². The Hall–Kier alpha value is -11.1. The van der Waals surface area contributed by atoms with Gasteiger partial charge >= 0.3 is 0 Å². The lowest BCUT2D eigenvalue weighted by Gasteiger charge is -2.34. The van der Waals surface area contributed by atoms with Gasteiger partial charge in [0.05, 0.1) is 18.7 Å². The van der Waals surface area contributed by atoms with Gasteiger partial charge in [0.2, 0.25) is 59.5 Å². The van der Waals surface area contributed by atoms with Gasteiger partial charge in [-0.3, -0.25) is 0 Å². The zero-order valence-electron chi connectivity index (χ0n) is 71.8. The van der Waals surface area contributed by atoms with Crippen LogP contribution in [0.5, 0.6) is 11.5 Å². The molecule has 5 aromatic carbocycles. The molecular weight excluding hydrogens is 1610 g/mol. The zero-order valence-corrected chi connectivity index (χ0v) is 73.3. The fourth-order valence-corrected chi connectivity index (χ4v) is 12.9. The predicted molar refractivity (Wildman–Crippen MR) is 474 cm³/mol. The Morgan fingerprint density at radius 3 is 1.07 bits per heavy atom. The molecule has 122 heavy (non-hydrogen) atoms. The van der Waals surface area contributed by atoms with Crippen molar-refractivity contribution in [2.45, 2.75) is 245 Å². The topological polar surface area (TPSA) is 422 Å². The second kappa shape index (κ2) is 45.2. The molecule has 2 aliphatic rings. The minimum absolute atomic E-state index is 0.0181. The van der Waals surface area contributed by atoms with Crippen LogP contribution in [0.25, 0.3) is 0 Å². The molecule has 5 atom stereocenters. The van der Waals surface area contributed by atoms with Crippen LogP contribution in [0.3, 0.4) is 0 Å². The minimum Gasteiger partial charge on any atom is -0.491 e. The normalized spacial score (nSPS) is 14.2. The number of nitrogen functional groups attached to an aromatic ring is 5. The van der Waals surface area contributed by atoms with E-state index in [-0.39, 0.29) is 114 Å². The number of nitrogens with zero attached hydrogens (tertiary/aromatic N) is 15. The Bertz CT molecular complexity index is 4850. The highest BCUT2D eigenvalue weighted by molar-refractivity contribution is 6.31. The van der Waals surface area contributed by atoms with E-state index in [1.54, 1.807) is 36.4 Å². The number of alkyl halides is 5. The number of benzene rings is 5. The molecule has 35 heteroatoms. The number of aryl methyl sites for hydroxylation is 3. The van der Waals surface area contributed by atoms with Crippen molar-refractivity contribution in [3.8, 4) is 11.5 Å². The van der Waals surface area contributed by atoms with Gasteiger partial charge in [0.15, 0.2) is 57.5 Å². The number of hydrogen-bond acceptors (Lipinski definition) is 28. The fraction of sp³-hybridized carbons (Fsp3) is 0.483. The van der Waals surface area contributed by atoms with Gasteiger partial charge in [-0.2, -0.15) is 74.8 Å². The van der Waals surface area contributed by atoms with Crippen molar-refractivity contribution in [2.24, 2.45) is 11.8 Å². The molecule has 2 aliphatic carbocycles. The first-order chi connectivity index (χ1) is 57.6. The van der Waals surface area contributed by atoms with Crippen molar-refractivity contribution in [3.05, 3.63) is 195 Å². The van der Waals surface area contributed by atoms with E-state index in [1.807, 2.05) is 50.2 Å². The van der Waals surface area contributed by atoms with Gasteiger partial charge in [-0.15, -0.1) is 0 Å². The summed E-state index contributed by atoms with van der Waals surface area (Å²) in [5.74, 6) is 4.04. The third-order valence-corrected chi connectivity index (χ3v) is 20.0. The quantitative estimate of drug-likeness (QED) is 0.0164. The van der Waals surface area contributed by atoms with E-state index in [2.05, 4.69) is 169 Å². The molecule has 0 aliphatic heterocycles. The first kappa shape index (κ1) is 96.4. The van der Waals surface area contributed by atoms with Gasteiger partial charge in [-0.1, -0.05) is 140 Å². The number of halogens is 7. The van der Waals surface area contributed by atoms with Crippen molar-refractivity contribution in [2.75, 3.05) is 68.5 Å². The Labute approximate surface area is 721 Å². The largest absolute Gasteiger partial charge is 0.491 e.